The van der Waals surface area contributed by atoms with Gasteiger partial charge in [-0.2, -0.15) is 0 Å². The summed E-state index contributed by atoms with van der Waals surface area (Å²) in [5, 5.41) is 2.83. The molecule has 0 aromatic carbocycles. The zero-order chi connectivity index (χ0) is 15.2. The van der Waals surface area contributed by atoms with Crippen LogP contribution in [0.3, 0.4) is 0 Å². The summed E-state index contributed by atoms with van der Waals surface area (Å²) in [6, 6.07) is 3.04. The number of nitrogens with zero attached hydrogens (tertiary/aromatic N) is 2. The Kier molecular flexibility index (Phi) is 5.38. The normalized spacial score (nSPS) is 18.7. The van der Waals surface area contributed by atoms with Gasteiger partial charge in [0.15, 0.2) is 0 Å². The number of hydrogen-bond donors (Lipinski definition) is 1. The van der Waals surface area contributed by atoms with Crippen LogP contribution in [-0.2, 0) is 9.59 Å². The van der Waals surface area contributed by atoms with Gasteiger partial charge in [0.05, 0.1) is 5.88 Å². The maximum Gasteiger partial charge on any atom is 0.250 e. The molecular formula is C15H19N3O2S. The van der Waals surface area contributed by atoms with Gasteiger partial charge in [0.1, 0.15) is 6.04 Å². The van der Waals surface area contributed by atoms with E-state index in [0.717, 1.165) is 6.42 Å². The van der Waals surface area contributed by atoms with Crippen LogP contribution in [0.25, 0.3) is 0 Å². The van der Waals surface area contributed by atoms with Crippen molar-refractivity contribution in [3.05, 3.63) is 36.2 Å². The van der Waals surface area contributed by atoms with Gasteiger partial charge in [0.25, 0.3) is 5.91 Å². The molecule has 6 heteroatoms. The minimum absolute atomic E-state index is 0.0586. The van der Waals surface area contributed by atoms with Crippen LogP contribution in [0, 0.1) is 0 Å². The zero-order valence-corrected chi connectivity index (χ0v) is 13.0. The van der Waals surface area contributed by atoms with Gasteiger partial charge in [-0.15, -0.1) is 11.8 Å². The Morgan fingerprint density at radius 3 is 2.86 bits per heavy atom. The quantitative estimate of drug-likeness (QED) is 0.867. The second kappa shape index (κ2) is 7.26. The summed E-state index contributed by atoms with van der Waals surface area (Å²) in [6.45, 7) is 3.79. The average Bonchev–Trinajstić information content (AvgIpc) is 2.97. The summed E-state index contributed by atoms with van der Waals surface area (Å²) in [7, 11) is 0. The van der Waals surface area contributed by atoms with Gasteiger partial charge in [-0.05, 0) is 25.5 Å². The van der Waals surface area contributed by atoms with Crippen LogP contribution in [-0.4, -0.2) is 39.4 Å². The van der Waals surface area contributed by atoms with Crippen molar-refractivity contribution in [3.63, 3.8) is 0 Å². The number of hydrogen-bond acceptors (Lipinski definition) is 4. The average molecular weight is 305 g/mol. The molecule has 2 heterocycles. The molecule has 0 spiro atoms. The molecule has 0 aliphatic carbocycles. The lowest BCUT2D eigenvalue weighted by molar-refractivity contribution is -0.133. The lowest BCUT2D eigenvalue weighted by Gasteiger charge is -2.23. The summed E-state index contributed by atoms with van der Waals surface area (Å²) in [5.41, 5.74) is 1.39. The van der Waals surface area contributed by atoms with Crippen molar-refractivity contribution in [2.75, 3.05) is 16.9 Å². The molecule has 1 aromatic heterocycles. The lowest BCUT2D eigenvalue weighted by atomic mass is 10.2. The van der Waals surface area contributed by atoms with Crippen molar-refractivity contribution in [1.82, 2.24) is 9.88 Å². The highest BCUT2D eigenvalue weighted by molar-refractivity contribution is 7.99. The Labute approximate surface area is 128 Å². The lowest BCUT2D eigenvalue weighted by Crippen LogP contribution is -2.44. The second-order valence-corrected chi connectivity index (χ2v) is 5.81. The number of pyridine rings is 1. The van der Waals surface area contributed by atoms with Gasteiger partial charge in [0, 0.05) is 29.4 Å². The maximum absolute atomic E-state index is 12.4. The van der Waals surface area contributed by atoms with E-state index in [2.05, 4.69) is 10.3 Å². The number of nitrogens with one attached hydrogen (secondary N) is 1. The molecule has 1 aliphatic rings. The Hall–Kier alpha value is -1.82. The molecule has 1 saturated heterocycles. The van der Waals surface area contributed by atoms with E-state index in [1.54, 1.807) is 48.1 Å². The summed E-state index contributed by atoms with van der Waals surface area (Å²) in [4.78, 5) is 30.3. The molecule has 1 aliphatic heterocycles. The molecular weight excluding hydrogens is 286 g/mol. The second-order valence-electron chi connectivity index (χ2n) is 4.81. The SMILES string of the molecule is CCC=C(C)C(=O)N1CSCC1C(=O)Nc1ccncc1. The minimum Gasteiger partial charge on any atom is -0.324 e. The number of carbonyl (C=O) groups is 2. The summed E-state index contributed by atoms with van der Waals surface area (Å²) in [6.07, 6.45) is 5.95. The van der Waals surface area contributed by atoms with Crippen molar-refractivity contribution in [1.29, 1.82) is 0 Å². The number of thioether (sulfide) groups is 1. The molecule has 21 heavy (non-hydrogen) atoms. The minimum atomic E-state index is -0.420. The maximum atomic E-state index is 12.4. The third kappa shape index (κ3) is 3.85. The van der Waals surface area contributed by atoms with Crippen molar-refractivity contribution in [3.8, 4) is 0 Å². The van der Waals surface area contributed by atoms with Crippen LogP contribution >= 0.6 is 11.8 Å². The van der Waals surface area contributed by atoms with Gasteiger partial charge < -0.3 is 10.2 Å². The Balaban J connectivity index is 2.06. The monoisotopic (exact) mass is 305 g/mol. The largest absolute Gasteiger partial charge is 0.324 e. The molecule has 5 nitrogen and oxygen atoms in total. The van der Waals surface area contributed by atoms with Crippen LogP contribution in [0.1, 0.15) is 20.3 Å². The molecule has 0 bridgehead atoms. The third-order valence-corrected chi connectivity index (χ3v) is 4.25. The van der Waals surface area contributed by atoms with Crippen molar-refractivity contribution in [2.24, 2.45) is 0 Å². The van der Waals surface area contributed by atoms with Gasteiger partial charge in [-0.3, -0.25) is 14.6 Å². The van der Waals surface area contributed by atoms with Crippen LogP contribution in [0.2, 0.25) is 0 Å². The van der Waals surface area contributed by atoms with E-state index in [9.17, 15) is 9.59 Å². The predicted molar refractivity (Wildman–Crippen MR) is 84.9 cm³/mol. The van der Waals surface area contributed by atoms with E-state index in [1.165, 1.54) is 0 Å². The van der Waals surface area contributed by atoms with Gasteiger partial charge in [0.2, 0.25) is 5.91 Å². The van der Waals surface area contributed by atoms with E-state index in [4.69, 9.17) is 0 Å². The van der Waals surface area contributed by atoms with E-state index >= 15 is 0 Å². The molecule has 1 fully saturated rings. The molecule has 0 radical (unpaired) electrons. The van der Waals surface area contributed by atoms with E-state index in [-0.39, 0.29) is 11.8 Å². The highest BCUT2D eigenvalue weighted by atomic mass is 32.2. The smallest absolute Gasteiger partial charge is 0.250 e. The first-order valence-corrected chi connectivity index (χ1v) is 8.05. The van der Waals surface area contributed by atoms with Crippen molar-refractivity contribution >= 4 is 29.3 Å². The number of carbonyl (C=O) groups excluding carboxylic acids is 2. The molecule has 1 atom stereocenters. The van der Waals surface area contributed by atoms with Crippen LogP contribution < -0.4 is 5.32 Å². The van der Waals surface area contributed by atoms with Crippen molar-refractivity contribution in [2.45, 2.75) is 26.3 Å². The number of rotatable bonds is 4. The third-order valence-electron chi connectivity index (χ3n) is 3.24. The summed E-state index contributed by atoms with van der Waals surface area (Å²) >= 11 is 1.60. The molecule has 1 aromatic rings. The zero-order valence-electron chi connectivity index (χ0n) is 12.2. The van der Waals surface area contributed by atoms with Crippen LogP contribution in [0.5, 0.6) is 0 Å². The first kappa shape index (κ1) is 15.6. The first-order chi connectivity index (χ1) is 10.1. The molecule has 2 rings (SSSR count). The van der Waals surface area contributed by atoms with Gasteiger partial charge >= 0.3 is 0 Å². The van der Waals surface area contributed by atoms with E-state index in [0.29, 0.717) is 22.9 Å². The number of aromatic nitrogens is 1. The number of amides is 2. The fraction of sp³-hybridized carbons (Fsp3) is 0.400. The number of anilines is 1. The Morgan fingerprint density at radius 1 is 1.48 bits per heavy atom. The molecule has 112 valence electrons. The fourth-order valence-electron chi connectivity index (χ4n) is 2.14. The predicted octanol–water partition coefficient (Wildman–Crippen LogP) is 2.28. The summed E-state index contributed by atoms with van der Waals surface area (Å²) < 4.78 is 0. The highest BCUT2D eigenvalue weighted by Gasteiger charge is 2.34. The number of allylic oxidation sites excluding steroid dienone is 1. The van der Waals surface area contributed by atoms with Gasteiger partial charge in [-0.25, -0.2) is 0 Å². The topological polar surface area (TPSA) is 62.3 Å². The van der Waals surface area contributed by atoms with Crippen LogP contribution in [0.4, 0.5) is 5.69 Å². The van der Waals surface area contributed by atoms with E-state index in [1.807, 2.05) is 13.0 Å². The Bertz CT molecular complexity index is 545. The molecule has 0 saturated carbocycles. The molecule has 1 unspecified atom stereocenters. The van der Waals surface area contributed by atoms with Crippen LogP contribution in [0.15, 0.2) is 36.2 Å². The van der Waals surface area contributed by atoms with Gasteiger partial charge in [-0.1, -0.05) is 13.0 Å². The molecule has 2 amide bonds. The standard InChI is InChI=1S/C15H19N3O2S/c1-3-4-11(2)15(20)18-10-21-9-13(18)14(19)17-12-5-7-16-8-6-12/h4-8,13H,3,9-10H2,1-2H3,(H,16,17,19). The van der Waals surface area contributed by atoms with E-state index < -0.39 is 6.04 Å². The first-order valence-electron chi connectivity index (χ1n) is 6.90. The summed E-state index contributed by atoms with van der Waals surface area (Å²) in [5.74, 6) is 0.977. The highest BCUT2D eigenvalue weighted by Crippen LogP contribution is 2.24. The fourth-order valence-corrected chi connectivity index (χ4v) is 3.29. The van der Waals surface area contributed by atoms with Crippen molar-refractivity contribution < 1.29 is 9.59 Å². The Morgan fingerprint density at radius 2 is 2.19 bits per heavy atom. The molecule has 1 N–H and O–H groups in total.